The average molecular weight is 312 g/mol. The Hall–Kier alpha value is -0.710. The molecule has 0 aromatic heterocycles. The molecule has 1 heterocycles. The van der Waals surface area contributed by atoms with Crippen LogP contribution >= 0.6 is 11.8 Å². The minimum absolute atomic E-state index is 0.0482. The first-order valence-electron chi connectivity index (χ1n) is 8.15. The van der Waals surface area contributed by atoms with Crippen LogP contribution < -0.4 is 5.32 Å². The van der Waals surface area contributed by atoms with Gasteiger partial charge in [-0.15, -0.1) is 0 Å². The van der Waals surface area contributed by atoms with Gasteiger partial charge in [-0.05, 0) is 37.9 Å². The van der Waals surface area contributed by atoms with Crippen LogP contribution in [0, 0.1) is 5.92 Å². The summed E-state index contributed by atoms with van der Waals surface area (Å²) in [5.41, 5.74) is 0. The van der Waals surface area contributed by atoms with Gasteiger partial charge in [-0.1, -0.05) is 20.3 Å². The summed E-state index contributed by atoms with van der Waals surface area (Å²) in [7, 11) is 0. The normalized spacial score (nSPS) is 28.0. The minimum Gasteiger partial charge on any atom is -0.352 e. The number of rotatable bonds is 5. The van der Waals surface area contributed by atoms with E-state index in [2.05, 4.69) is 11.6 Å². The summed E-state index contributed by atoms with van der Waals surface area (Å²) in [4.78, 5) is 26.4. The van der Waals surface area contributed by atoms with Gasteiger partial charge in [0.1, 0.15) is 6.04 Å². The van der Waals surface area contributed by atoms with E-state index in [1.54, 1.807) is 4.90 Å². The van der Waals surface area contributed by atoms with Crippen molar-refractivity contribution in [2.24, 2.45) is 5.92 Å². The monoisotopic (exact) mass is 312 g/mol. The fourth-order valence-corrected chi connectivity index (χ4v) is 4.37. The molecule has 1 saturated heterocycles. The summed E-state index contributed by atoms with van der Waals surface area (Å²) in [5.74, 6) is 0.341. The zero-order chi connectivity index (χ0) is 15.4. The maximum absolute atomic E-state index is 12.7. The van der Waals surface area contributed by atoms with Crippen molar-refractivity contribution in [2.75, 3.05) is 12.8 Å². The number of hydrogen-bond acceptors (Lipinski definition) is 3. The highest BCUT2D eigenvalue weighted by Crippen LogP contribution is 2.27. The van der Waals surface area contributed by atoms with Crippen LogP contribution in [-0.2, 0) is 9.59 Å². The molecule has 120 valence electrons. The number of thioether (sulfide) groups is 1. The molecule has 0 aromatic carbocycles. The molecule has 0 bridgehead atoms. The first-order chi connectivity index (χ1) is 10.0. The van der Waals surface area contributed by atoms with Crippen molar-refractivity contribution in [1.82, 2.24) is 10.2 Å². The summed E-state index contributed by atoms with van der Waals surface area (Å²) < 4.78 is 0. The second-order valence-electron chi connectivity index (χ2n) is 6.61. The van der Waals surface area contributed by atoms with Crippen molar-refractivity contribution in [2.45, 2.75) is 69.7 Å². The fourth-order valence-electron chi connectivity index (χ4n) is 3.54. The molecule has 2 rings (SSSR count). The van der Waals surface area contributed by atoms with Crippen molar-refractivity contribution in [3.8, 4) is 0 Å². The summed E-state index contributed by atoms with van der Waals surface area (Å²) in [6, 6.07) is -0.0164. The lowest BCUT2D eigenvalue weighted by Gasteiger charge is -2.34. The minimum atomic E-state index is -0.297. The lowest BCUT2D eigenvalue weighted by molar-refractivity contribution is -0.139. The molecule has 21 heavy (non-hydrogen) atoms. The van der Waals surface area contributed by atoms with Crippen molar-refractivity contribution in [1.29, 1.82) is 0 Å². The largest absolute Gasteiger partial charge is 0.352 e. The van der Waals surface area contributed by atoms with E-state index in [1.807, 2.05) is 25.6 Å². The highest BCUT2D eigenvalue weighted by Gasteiger charge is 2.36. The number of nitrogens with zero attached hydrogens (tertiary/aromatic N) is 1. The Bertz CT molecular complexity index is 386. The van der Waals surface area contributed by atoms with Crippen LogP contribution in [0.25, 0.3) is 0 Å². The number of hydrogen-bond donors (Lipinski definition) is 1. The van der Waals surface area contributed by atoms with Gasteiger partial charge in [0, 0.05) is 24.3 Å². The first-order valence-corrected chi connectivity index (χ1v) is 9.44. The van der Waals surface area contributed by atoms with Gasteiger partial charge in [-0.2, -0.15) is 11.8 Å². The third-order valence-electron chi connectivity index (χ3n) is 4.65. The van der Waals surface area contributed by atoms with Crippen LogP contribution in [-0.4, -0.2) is 46.8 Å². The number of nitrogens with one attached hydrogen (secondary N) is 1. The molecule has 2 fully saturated rings. The van der Waals surface area contributed by atoms with E-state index in [0.29, 0.717) is 11.7 Å². The maximum atomic E-state index is 12.7. The van der Waals surface area contributed by atoms with Gasteiger partial charge in [-0.25, -0.2) is 0 Å². The van der Waals surface area contributed by atoms with Crippen molar-refractivity contribution < 1.29 is 9.59 Å². The maximum Gasteiger partial charge on any atom is 0.243 e. The van der Waals surface area contributed by atoms with Gasteiger partial charge in [-0.3, -0.25) is 9.59 Å². The second kappa shape index (κ2) is 7.52. The second-order valence-corrected chi connectivity index (χ2v) is 7.75. The molecule has 1 saturated carbocycles. The van der Waals surface area contributed by atoms with Crippen molar-refractivity contribution in [3.63, 3.8) is 0 Å². The van der Waals surface area contributed by atoms with Crippen LogP contribution in [0.5, 0.6) is 0 Å². The third kappa shape index (κ3) is 4.15. The Morgan fingerprint density at radius 3 is 2.67 bits per heavy atom. The smallest absolute Gasteiger partial charge is 0.243 e. The van der Waals surface area contributed by atoms with E-state index in [0.717, 1.165) is 25.8 Å². The molecule has 1 aliphatic carbocycles. The Morgan fingerprint density at radius 1 is 1.33 bits per heavy atom. The summed E-state index contributed by atoms with van der Waals surface area (Å²) in [6.45, 7) is 4.79. The first kappa shape index (κ1) is 16.7. The summed E-state index contributed by atoms with van der Waals surface area (Å²) in [5, 5.41) is 3.88. The van der Waals surface area contributed by atoms with Gasteiger partial charge < -0.3 is 10.2 Å². The van der Waals surface area contributed by atoms with Crippen LogP contribution in [0.2, 0.25) is 0 Å². The van der Waals surface area contributed by atoms with Crippen LogP contribution in [0.15, 0.2) is 0 Å². The number of amides is 2. The molecule has 1 aliphatic heterocycles. The molecule has 4 nitrogen and oxygen atoms in total. The summed E-state index contributed by atoms with van der Waals surface area (Å²) >= 11 is 1.90. The quantitative estimate of drug-likeness (QED) is 0.848. The number of carbonyl (C=O) groups excluding carboxylic acids is 2. The van der Waals surface area contributed by atoms with Gasteiger partial charge in [0.05, 0.1) is 0 Å². The highest BCUT2D eigenvalue weighted by atomic mass is 32.2. The molecule has 0 aromatic rings. The molecule has 2 amide bonds. The molecule has 0 spiro atoms. The Labute approximate surface area is 132 Å². The lowest BCUT2D eigenvalue weighted by atomic mass is 9.93. The zero-order valence-corrected chi connectivity index (χ0v) is 14.2. The molecular weight excluding hydrogens is 284 g/mol. The number of likely N-dealkylation sites (tertiary alicyclic amines) is 1. The van der Waals surface area contributed by atoms with Crippen LogP contribution in [0.1, 0.15) is 52.4 Å². The van der Waals surface area contributed by atoms with Crippen LogP contribution in [0.3, 0.4) is 0 Å². The summed E-state index contributed by atoms with van der Waals surface area (Å²) in [6.07, 6.45) is 8.20. The highest BCUT2D eigenvalue weighted by molar-refractivity contribution is 7.99. The van der Waals surface area contributed by atoms with E-state index in [9.17, 15) is 9.59 Å². The lowest BCUT2D eigenvalue weighted by Crippen LogP contribution is -2.53. The fraction of sp³-hybridized carbons (Fsp3) is 0.875. The molecule has 0 unspecified atom stereocenters. The van der Waals surface area contributed by atoms with E-state index >= 15 is 0 Å². The predicted molar refractivity (Wildman–Crippen MR) is 87.3 cm³/mol. The van der Waals surface area contributed by atoms with Crippen LogP contribution in [0.4, 0.5) is 0 Å². The van der Waals surface area contributed by atoms with Gasteiger partial charge in [0.25, 0.3) is 0 Å². The Kier molecular flexibility index (Phi) is 5.97. The molecule has 0 radical (unpaired) electrons. The predicted octanol–water partition coefficient (Wildman–Crippen LogP) is 2.42. The third-order valence-corrected chi connectivity index (χ3v) is 5.75. The van der Waals surface area contributed by atoms with E-state index in [4.69, 9.17) is 0 Å². The Morgan fingerprint density at radius 2 is 2.10 bits per heavy atom. The Balaban J connectivity index is 1.97. The van der Waals surface area contributed by atoms with E-state index < -0.39 is 0 Å². The molecule has 5 heteroatoms. The van der Waals surface area contributed by atoms with E-state index in [1.165, 1.54) is 12.8 Å². The zero-order valence-electron chi connectivity index (χ0n) is 13.4. The van der Waals surface area contributed by atoms with Crippen molar-refractivity contribution in [3.05, 3.63) is 0 Å². The molecule has 3 atom stereocenters. The SMILES string of the molecule is CS[C@H]1CCC[C@H](NC(=O)[C@@H](C(C)C)N2CCCC2=O)C1. The topological polar surface area (TPSA) is 49.4 Å². The molecular formula is C16H28N2O2S. The van der Waals surface area contributed by atoms with E-state index in [-0.39, 0.29) is 29.8 Å². The average Bonchev–Trinajstić information content (AvgIpc) is 2.85. The van der Waals surface area contributed by atoms with Crippen molar-refractivity contribution >= 4 is 23.6 Å². The molecule has 1 N–H and O–H groups in total. The number of carbonyl (C=O) groups is 2. The van der Waals surface area contributed by atoms with Gasteiger partial charge >= 0.3 is 0 Å². The standard InChI is InChI=1S/C16H28N2O2S/c1-11(2)15(18-9-5-8-14(18)19)16(20)17-12-6-4-7-13(10-12)21-3/h11-13,15H,4-10H2,1-3H3,(H,17,20)/t12-,13-,15+/m0/s1. The van der Waals surface area contributed by atoms with Gasteiger partial charge in [0.2, 0.25) is 11.8 Å². The molecule has 2 aliphatic rings. The van der Waals surface area contributed by atoms with Gasteiger partial charge in [0.15, 0.2) is 0 Å².